The number of aryl methyl sites for hydroxylation is 1. The average Bonchev–Trinajstić information content (AvgIpc) is 3.10. The lowest BCUT2D eigenvalue weighted by atomic mass is 10.2. The monoisotopic (exact) mass is 276 g/mol. The van der Waals surface area contributed by atoms with Crippen molar-refractivity contribution >= 4 is 11.6 Å². The van der Waals surface area contributed by atoms with Crippen LogP contribution in [0.2, 0.25) is 5.02 Å². The summed E-state index contributed by atoms with van der Waals surface area (Å²) in [5.41, 5.74) is 2.96. The lowest BCUT2D eigenvalue weighted by Gasteiger charge is -2.02. The maximum Gasteiger partial charge on any atom is 0.0969 e. The SMILES string of the molecule is Cc1ccc(-n2cc(CNCC3CC3)nn2)cc1Cl. The summed E-state index contributed by atoms with van der Waals surface area (Å²) in [5.74, 6) is 0.881. The van der Waals surface area contributed by atoms with Crippen molar-refractivity contribution in [2.24, 2.45) is 5.92 Å². The van der Waals surface area contributed by atoms with Crippen molar-refractivity contribution in [2.45, 2.75) is 26.3 Å². The highest BCUT2D eigenvalue weighted by Gasteiger charge is 2.20. The first kappa shape index (κ1) is 12.6. The Morgan fingerprint density at radius 3 is 3.00 bits per heavy atom. The Morgan fingerprint density at radius 2 is 2.26 bits per heavy atom. The van der Waals surface area contributed by atoms with Crippen LogP contribution < -0.4 is 5.32 Å². The van der Waals surface area contributed by atoms with Crippen LogP contribution in [0.4, 0.5) is 0 Å². The second-order valence-corrected chi connectivity index (χ2v) is 5.57. The Hall–Kier alpha value is -1.39. The quantitative estimate of drug-likeness (QED) is 0.913. The zero-order chi connectivity index (χ0) is 13.2. The van der Waals surface area contributed by atoms with Gasteiger partial charge in [-0.1, -0.05) is 22.9 Å². The zero-order valence-electron chi connectivity index (χ0n) is 10.9. The van der Waals surface area contributed by atoms with Gasteiger partial charge in [-0.25, -0.2) is 4.68 Å². The molecule has 0 bridgehead atoms. The average molecular weight is 277 g/mol. The summed E-state index contributed by atoms with van der Waals surface area (Å²) in [7, 11) is 0. The number of nitrogens with zero attached hydrogens (tertiary/aromatic N) is 3. The number of aromatic nitrogens is 3. The van der Waals surface area contributed by atoms with Crippen LogP contribution in [-0.4, -0.2) is 21.5 Å². The van der Waals surface area contributed by atoms with Crippen molar-refractivity contribution in [2.75, 3.05) is 6.54 Å². The van der Waals surface area contributed by atoms with Crippen LogP contribution in [0.25, 0.3) is 5.69 Å². The second kappa shape index (κ2) is 5.31. The molecule has 4 nitrogen and oxygen atoms in total. The normalized spacial score (nSPS) is 14.8. The van der Waals surface area contributed by atoms with Crippen LogP contribution in [0.3, 0.4) is 0 Å². The van der Waals surface area contributed by atoms with E-state index in [9.17, 15) is 0 Å². The molecular weight excluding hydrogens is 260 g/mol. The summed E-state index contributed by atoms with van der Waals surface area (Å²) in [5, 5.41) is 12.5. The van der Waals surface area contributed by atoms with Crippen molar-refractivity contribution < 1.29 is 0 Å². The summed E-state index contributed by atoms with van der Waals surface area (Å²) in [6, 6.07) is 5.90. The van der Waals surface area contributed by atoms with E-state index in [1.54, 1.807) is 4.68 Å². The molecule has 19 heavy (non-hydrogen) atoms. The number of hydrogen-bond acceptors (Lipinski definition) is 3. The number of nitrogens with one attached hydrogen (secondary N) is 1. The van der Waals surface area contributed by atoms with Gasteiger partial charge in [0.15, 0.2) is 0 Å². The highest BCUT2D eigenvalue weighted by atomic mass is 35.5. The highest BCUT2D eigenvalue weighted by Crippen LogP contribution is 2.27. The topological polar surface area (TPSA) is 42.7 Å². The van der Waals surface area contributed by atoms with E-state index in [2.05, 4.69) is 15.6 Å². The van der Waals surface area contributed by atoms with Gasteiger partial charge in [0.1, 0.15) is 0 Å². The van der Waals surface area contributed by atoms with Gasteiger partial charge in [0.25, 0.3) is 0 Å². The molecule has 0 amide bonds. The Morgan fingerprint density at radius 1 is 1.42 bits per heavy atom. The Balaban J connectivity index is 1.67. The molecule has 1 aliphatic rings. The molecule has 1 aromatic heterocycles. The molecule has 1 fully saturated rings. The van der Waals surface area contributed by atoms with E-state index in [1.807, 2.05) is 31.3 Å². The van der Waals surface area contributed by atoms with E-state index in [4.69, 9.17) is 11.6 Å². The Kier molecular flexibility index (Phi) is 3.53. The van der Waals surface area contributed by atoms with E-state index < -0.39 is 0 Å². The van der Waals surface area contributed by atoms with E-state index >= 15 is 0 Å². The van der Waals surface area contributed by atoms with Crippen LogP contribution in [0.1, 0.15) is 24.1 Å². The van der Waals surface area contributed by atoms with Crippen LogP contribution in [0, 0.1) is 12.8 Å². The first-order valence-electron chi connectivity index (χ1n) is 6.61. The minimum Gasteiger partial charge on any atom is -0.311 e. The Bertz CT molecular complexity index is 575. The molecule has 1 N–H and O–H groups in total. The summed E-state index contributed by atoms with van der Waals surface area (Å²) >= 11 is 6.12. The molecule has 100 valence electrons. The van der Waals surface area contributed by atoms with Crippen molar-refractivity contribution in [3.05, 3.63) is 40.7 Å². The van der Waals surface area contributed by atoms with Crippen LogP contribution in [-0.2, 0) is 6.54 Å². The number of hydrogen-bond donors (Lipinski definition) is 1. The van der Waals surface area contributed by atoms with Crippen LogP contribution in [0.15, 0.2) is 24.4 Å². The molecule has 1 heterocycles. The van der Waals surface area contributed by atoms with E-state index in [-0.39, 0.29) is 0 Å². The fourth-order valence-electron chi connectivity index (χ4n) is 1.96. The van der Waals surface area contributed by atoms with Crippen molar-refractivity contribution in [1.82, 2.24) is 20.3 Å². The fourth-order valence-corrected chi connectivity index (χ4v) is 2.13. The van der Waals surface area contributed by atoms with E-state index in [0.29, 0.717) is 0 Å². The summed E-state index contributed by atoms with van der Waals surface area (Å²) in [6.45, 7) is 3.85. The van der Waals surface area contributed by atoms with Gasteiger partial charge in [-0.15, -0.1) is 5.10 Å². The van der Waals surface area contributed by atoms with Crippen LogP contribution in [0.5, 0.6) is 0 Å². The molecule has 3 rings (SSSR count). The van der Waals surface area contributed by atoms with Gasteiger partial charge >= 0.3 is 0 Å². The first-order chi connectivity index (χ1) is 9.22. The highest BCUT2D eigenvalue weighted by molar-refractivity contribution is 6.31. The third-order valence-corrected chi connectivity index (χ3v) is 3.80. The zero-order valence-corrected chi connectivity index (χ0v) is 11.7. The van der Waals surface area contributed by atoms with Gasteiger partial charge < -0.3 is 5.32 Å². The van der Waals surface area contributed by atoms with Gasteiger partial charge in [0.2, 0.25) is 0 Å². The van der Waals surface area contributed by atoms with Crippen molar-refractivity contribution in [1.29, 1.82) is 0 Å². The summed E-state index contributed by atoms with van der Waals surface area (Å²) in [6.07, 6.45) is 4.67. The molecular formula is C14H17ClN4. The van der Waals surface area contributed by atoms with Gasteiger partial charge in [-0.05, 0) is 49.9 Å². The maximum absolute atomic E-state index is 6.12. The van der Waals surface area contributed by atoms with Gasteiger partial charge in [0.05, 0.1) is 17.6 Å². The van der Waals surface area contributed by atoms with E-state index in [1.165, 1.54) is 12.8 Å². The lowest BCUT2D eigenvalue weighted by molar-refractivity contribution is 0.628. The third kappa shape index (κ3) is 3.14. The Labute approximate surface area is 117 Å². The fraction of sp³-hybridized carbons (Fsp3) is 0.429. The molecule has 0 unspecified atom stereocenters. The van der Waals surface area contributed by atoms with Crippen molar-refractivity contribution in [3.8, 4) is 5.69 Å². The predicted octanol–water partition coefficient (Wildman–Crippen LogP) is 2.73. The molecule has 2 aromatic rings. The largest absolute Gasteiger partial charge is 0.311 e. The molecule has 0 aliphatic heterocycles. The number of benzene rings is 1. The standard InChI is InChI=1S/C14H17ClN4/c1-10-2-5-13(6-14(10)15)19-9-12(17-18-19)8-16-7-11-3-4-11/h2,5-6,9,11,16H,3-4,7-8H2,1H3. The molecule has 0 radical (unpaired) electrons. The molecule has 0 spiro atoms. The summed E-state index contributed by atoms with van der Waals surface area (Å²) < 4.78 is 1.76. The first-order valence-corrected chi connectivity index (χ1v) is 6.98. The lowest BCUT2D eigenvalue weighted by Crippen LogP contribution is -2.16. The second-order valence-electron chi connectivity index (χ2n) is 5.16. The molecule has 1 saturated carbocycles. The van der Waals surface area contributed by atoms with Crippen molar-refractivity contribution in [3.63, 3.8) is 0 Å². The number of halogens is 1. The van der Waals surface area contributed by atoms with E-state index in [0.717, 1.165) is 41.0 Å². The summed E-state index contributed by atoms with van der Waals surface area (Å²) in [4.78, 5) is 0. The number of rotatable bonds is 5. The minimum atomic E-state index is 0.751. The predicted molar refractivity (Wildman–Crippen MR) is 75.5 cm³/mol. The van der Waals surface area contributed by atoms with Gasteiger partial charge in [0, 0.05) is 11.6 Å². The van der Waals surface area contributed by atoms with Crippen LogP contribution >= 0.6 is 11.6 Å². The third-order valence-electron chi connectivity index (χ3n) is 3.40. The molecule has 1 aliphatic carbocycles. The maximum atomic E-state index is 6.12. The van der Waals surface area contributed by atoms with Gasteiger partial charge in [-0.3, -0.25) is 0 Å². The molecule has 1 aromatic carbocycles. The molecule has 5 heteroatoms. The molecule has 0 saturated heterocycles. The van der Waals surface area contributed by atoms with Gasteiger partial charge in [-0.2, -0.15) is 0 Å². The molecule has 0 atom stereocenters. The minimum absolute atomic E-state index is 0.751. The smallest absolute Gasteiger partial charge is 0.0969 e.